The van der Waals surface area contributed by atoms with Crippen LogP contribution >= 0.6 is 0 Å². The number of hydrogen-bond acceptors (Lipinski definition) is 8. The van der Waals surface area contributed by atoms with Crippen LogP contribution in [-0.4, -0.2) is 91.4 Å². The Kier molecular flexibility index (Phi) is 9.46. The van der Waals surface area contributed by atoms with Crippen LogP contribution in [0.5, 0.6) is 5.88 Å². The van der Waals surface area contributed by atoms with Gasteiger partial charge in [0.1, 0.15) is 6.54 Å². The number of H-pyrrole nitrogens is 1. The lowest BCUT2D eigenvalue weighted by Gasteiger charge is -2.26. The molecule has 0 saturated carbocycles. The number of nitrogens with one attached hydrogen (secondary N) is 1. The first-order chi connectivity index (χ1) is 20.4. The smallest absolute Gasteiger partial charge is 0.270 e. The second kappa shape index (κ2) is 13.0. The lowest BCUT2D eigenvalue weighted by molar-refractivity contribution is -0.384. The van der Waals surface area contributed by atoms with Crippen molar-refractivity contribution in [3.63, 3.8) is 0 Å². The average molecular weight is 607 g/mol. The SMILES string of the molecule is CCS(=O)(=O)N(CC(=O)N(C)CCN(C)C)c1ccc(N=C(c2ccccc2)c2c(O)[nH]c3ccc([N+](=O)[O-])cc23)cc1. The van der Waals surface area contributed by atoms with Gasteiger partial charge in [0, 0.05) is 48.7 Å². The maximum Gasteiger partial charge on any atom is 0.270 e. The molecule has 43 heavy (non-hydrogen) atoms. The molecular formula is C30H34N6O6S. The second-order valence-corrected chi connectivity index (χ2v) is 12.4. The second-order valence-electron chi connectivity index (χ2n) is 10.2. The molecule has 0 aliphatic carbocycles. The van der Waals surface area contributed by atoms with Gasteiger partial charge in [0.05, 0.1) is 33.3 Å². The number of aromatic nitrogens is 1. The summed E-state index contributed by atoms with van der Waals surface area (Å²) in [6.45, 7) is 2.26. The summed E-state index contributed by atoms with van der Waals surface area (Å²) in [4.78, 5) is 35.0. The number of anilines is 1. The minimum Gasteiger partial charge on any atom is -0.494 e. The largest absolute Gasteiger partial charge is 0.494 e. The Morgan fingerprint density at radius 2 is 1.67 bits per heavy atom. The fourth-order valence-electron chi connectivity index (χ4n) is 4.43. The number of aromatic amines is 1. The predicted octanol–water partition coefficient (Wildman–Crippen LogP) is 4.13. The molecular weight excluding hydrogens is 572 g/mol. The molecule has 1 heterocycles. The normalized spacial score (nSPS) is 12.1. The summed E-state index contributed by atoms with van der Waals surface area (Å²) in [6.07, 6.45) is 0. The number of non-ortho nitro benzene ring substituents is 1. The van der Waals surface area contributed by atoms with E-state index in [4.69, 9.17) is 4.99 Å². The first-order valence-electron chi connectivity index (χ1n) is 13.5. The van der Waals surface area contributed by atoms with Gasteiger partial charge >= 0.3 is 0 Å². The zero-order chi connectivity index (χ0) is 31.3. The van der Waals surface area contributed by atoms with E-state index in [1.807, 2.05) is 37.2 Å². The monoisotopic (exact) mass is 606 g/mol. The molecule has 3 aromatic carbocycles. The van der Waals surface area contributed by atoms with Crippen molar-refractivity contribution in [2.45, 2.75) is 6.92 Å². The number of carbonyl (C=O) groups excluding carboxylic acids is 1. The number of nitrogens with zero attached hydrogens (tertiary/aromatic N) is 5. The Balaban J connectivity index is 1.75. The molecule has 1 aromatic heterocycles. The highest BCUT2D eigenvalue weighted by molar-refractivity contribution is 7.92. The standard InChI is InChI=1S/C30H34N6O6S/c1-5-43(41,42)35(20-27(37)34(4)18-17-33(2)3)23-13-11-22(12-14-23)31-29(21-9-7-6-8-10-21)28-25-19-24(36(39)40)15-16-26(25)32-30(28)38/h6-16,19,32,38H,5,17-18,20H2,1-4H3. The lowest BCUT2D eigenvalue weighted by Crippen LogP contribution is -2.43. The number of rotatable bonds is 12. The summed E-state index contributed by atoms with van der Waals surface area (Å²) in [5, 5.41) is 22.8. The molecule has 4 rings (SSSR count). The fourth-order valence-corrected chi connectivity index (χ4v) is 5.49. The molecule has 0 fully saturated rings. The van der Waals surface area contributed by atoms with E-state index in [1.165, 1.54) is 30.0 Å². The number of sulfonamides is 1. The topological polar surface area (TPSA) is 152 Å². The first-order valence-corrected chi connectivity index (χ1v) is 15.1. The van der Waals surface area contributed by atoms with E-state index in [0.717, 1.165) is 4.31 Å². The minimum absolute atomic E-state index is 0.136. The molecule has 0 spiro atoms. The fraction of sp³-hybridized carbons (Fsp3) is 0.267. The van der Waals surface area contributed by atoms with E-state index >= 15 is 0 Å². The molecule has 0 aliphatic rings. The number of hydrogen-bond donors (Lipinski definition) is 2. The Morgan fingerprint density at radius 1 is 1.00 bits per heavy atom. The number of fused-ring (bicyclic) bond motifs is 1. The maximum atomic E-state index is 13.0. The number of amides is 1. The predicted molar refractivity (Wildman–Crippen MR) is 168 cm³/mol. The highest BCUT2D eigenvalue weighted by Crippen LogP contribution is 2.34. The molecule has 4 aromatic rings. The highest BCUT2D eigenvalue weighted by atomic mass is 32.2. The number of carbonyl (C=O) groups is 1. The van der Waals surface area contributed by atoms with Crippen LogP contribution in [0.25, 0.3) is 10.9 Å². The number of nitro groups is 1. The van der Waals surface area contributed by atoms with Crippen LogP contribution in [0, 0.1) is 10.1 Å². The van der Waals surface area contributed by atoms with E-state index in [2.05, 4.69) is 4.98 Å². The summed E-state index contributed by atoms with van der Waals surface area (Å²) in [5.41, 5.74) is 2.40. The summed E-state index contributed by atoms with van der Waals surface area (Å²) in [5.74, 6) is -0.728. The van der Waals surface area contributed by atoms with Gasteiger partial charge in [-0.3, -0.25) is 19.2 Å². The zero-order valence-electron chi connectivity index (χ0n) is 24.4. The molecule has 0 radical (unpaired) electrons. The first kappa shape index (κ1) is 31.2. The molecule has 0 bridgehead atoms. The van der Waals surface area contributed by atoms with Gasteiger partial charge in [-0.05, 0) is 51.4 Å². The van der Waals surface area contributed by atoms with Crippen LogP contribution in [0.2, 0.25) is 0 Å². The molecule has 12 nitrogen and oxygen atoms in total. The molecule has 2 N–H and O–H groups in total. The third kappa shape index (κ3) is 7.19. The van der Waals surface area contributed by atoms with Gasteiger partial charge in [0.25, 0.3) is 5.69 Å². The van der Waals surface area contributed by atoms with Crippen LogP contribution in [0.15, 0.2) is 77.8 Å². The van der Waals surface area contributed by atoms with Crippen molar-refractivity contribution in [1.82, 2.24) is 14.8 Å². The van der Waals surface area contributed by atoms with Crippen LogP contribution in [-0.2, 0) is 14.8 Å². The number of aromatic hydroxyl groups is 1. The van der Waals surface area contributed by atoms with Gasteiger partial charge in [-0.25, -0.2) is 13.4 Å². The van der Waals surface area contributed by atoms with Crippen molar-refractivity contribution in [2.75, 3.05) is 50.8 Å². The number of likely N-dealkylation sites (N-methyl/N-ethyl adjacent to an activating group) is 2. The Morgan fingerprint density at radius 3 is 2.28 bits per heavy atom. The summed E-state index contributed by atoms with van der Waals surface area (Å²) < 4.78 is 27.1. The highest BCUT2D eigenvalue weighted by Gasteiger charge is 2.25. The van der Waals surface area contributed by atoms with Gasteiger partial charge in [-0.1, -0.05) is 30.3 Å². The molecule has 0 atom stereocenters. The average Bonchev–Trinajstić information content (AvgIpc) is 3.32. The van der Waals surface area contributed by atoms with E-state index in [1.54, 1.807) is 43.4 Å². The van der Waals surface area contributed by atoms with E-state index in [-0.39, 0.29) is 35.3 Å². The van der Waals surface area contributed by atoms with Crippen molar-refractivity contribution < 1.29 is 23.2 Å². The molecule has 226 valence electrons. The van der Waals surface area contributed by atoms with Gasteiger partial charge in [0.15, 0.2) is 5.88 Å². The van der Waals surface area contributed by atoms with Crippen LogP contribution in [0.1, 0.15) is 18.1 Å². The summed E-state index contributed by atoms with van der Waals surface area (Å²) in [6, 6.07) is 19.7. The summed E-state index contributed by atoms with van der Waals surface area (Å²) in [7, 11) is 1.64. The molecule has 0 aliphatic heterocycles. The van der Waals surface area contributed by atoms with Crippen molar-refractivity contribution >= 4 is 49.6 Å². The van der Waals surface area contributed by atoms with E-state index < -0.39 is 14.9 Å². The quantitative estimate of drug-likeness (QED) is 0.140. The van der Waals surface area contributed by atoms with E-state index in [0.29, 0.717) is 46.6 Å². The minimum atomic E-state index is -3.78. The Bertz CT molecular complexity index is 1750. The van der Waals surface area contributed by atoms with Crippen LogP contribution < -0.4 is 4.31 Å². The Hall–Kier alpha value is -4.75. The number of aliphatic imine (C=N–C) groups is 1. The molecule has 1 amide bonds. The van der Waals surface area contributed by atoms with Crippen LogP contribution in [0.4, 0.5) is 17.1 Å². The summed E-state index contributed by atoms with van der Waals surface area (Å²) >= 11 is 0. The molecule has 13 heteroatoms. The Labute approximate surface area is 250 Å². The van der Waals surface area contributed by atoms with Gasteiger partial charge in [0.2, 0.25) is 15.9 Å². The molecule has 0 saturated heterocycles. The zero-order valence-corrected chi connectivity index (χ0v) is 25.2. The van der Waals surface area contributed by atoms with E-state index in [9.17, 15) is 28.4 Å². The van der Waals surface area contributed by atoms with Crippen molar-refractivity contribution in [2.24, 2.45) is 4.99 Å². The van der Waals surface area contributed by atoms with Gasteiger partial charge in [-0.15, -0.1) is 0 Å². The van der Waals surface area contributed by atoms with Crippen LogP contribution in [0.3, 0.4) is 0 Å². The van der Waals surface area contributed by atoms with Gasteiger partial charge < -0.3 is 19.9 Å². The number of benzene rings is 3. The van der Waals surface area contributed by atoms with Crippen molar-refractivity contribution in [1.29, 1.82) is 0 Å². The number of nitro benzene ring substituents is 1. The van der Waals surface area contributed by atoms with Crippen molar-refractivity contribution in [3.8, 4) is 5.88 Å². The van der Waals surface area contributed by atoms with Crippen molar-refractivity contribution in [3.05, 3.63) is 94.0 Å². The maximum absolute atomic E-state index is 13.0. The molecule has 0 unspecified atom stereocenters. The third-order valence-electron chi connectivity index (χ3n) is 6.92. The lowest BCUT2D eigenvalue weighted by atomic mass is 10.0. The van der Waals surface area contributed by atoms with Gasteiger partial charge in [-0.2, -0.15) is 0 Å². The third-order valence-corrected chi connectivity index (χ3v) is 8.66.